The normalized spacial score (nSPS) is 10.5. The monoisotopic (exact) mass is 329 g/mol. The van der Waals surface area contributed by atoms with E-state index in [1.807, 2.05) is 19.1 Å². The first-order valence-corrected chi connectivity index (χ1v) is 7.90. The topological polar surface area (TPSA) is 81.8 Å². The van der Waals surface area contributed by atoms with Crippen molar-refractivity contribution in [3.05, 3.63) is 52.6 Å². The lowest BCUT2D eigenvalue weighted by atomic mass is 10.1. The molecule has 0 aromatic heterocycles. The quantitative estimate of drug-likeness (QED) is 0.794. The Kier molecular flexibility index (Phi) is 5.82. The first-order valence-electron chi connectivity index (χ1n) is 7.90. The molecule has 0 aliphatic rings. The molecular formula is C19H23NO4. The summed E-state index contributed by atoms with van der Waals surface area (Å²) in [5.41, 5.74) is 8.97. The zero-order valence-electron chi connectivity index (χ0n) is 14.3. The summed E-state index contributed by atoms with van der Waals surface area (Å²) in [5, 5.41) is 9.90. The van der Waals surface area contributed by atoms with Gasteiger partial charge < -0.3 is 20.3 Å². The van der Waals surface area contributed by atoms with E-state index >= 15 is 0 Å². The summed E-state index contributed by atoms with van der Waals surface area (Å²) in [7, 11) is 0. The van der Waals surface area contributed by atoms with Gasteiger partial charge in [-0.2, -0.15) is 0 Å². The molecule has 128 valence electrons. The molecule has 2 rings (SSSR count). The Labute approximate surface area is 142 Å². The Morgan fingerprint density at radius 1 is 1.21 bits per heavy atom. The molecule has 0 saturated carbocycles. The van der Waals surface area contributed by atoms with Crippen LogP contribution in [0.25, 0.3) is 0 Å². The van der Waals surface area contributed by atoms with Gasteiger partial charge in [0.25, 0.3) is 0 Å². The number of phenols is 1. The minimum absolute atomic E-state index is 0.174. The van der Waals surface area contributed by atoms with Crippen molar-refractivity contribution in [2.24, 2.45) is 5.73 Å². The summed E-state index contributed by atoms with van der Waals surface area (Å²) >= 11 is 0. The second-order valence-electron chi connectivity index (χ2n) is 5.59. The maximum atomic E-state index is 11.7. The zero-order chi connectivity index (χ0) is 17.7. The number of esters is 1. The summed E-state index contributed by atoms with van der Waals surface area (Å²) in [5.74, 6) is 1.07. The third kappa shape index (κ3) is 4.06. The second-order valence-corrected chi connectivity index (χ2v) is 5.59. The molecule has 24 heavy (non-hydrogen) atoms. The van der Waals surface area contributed by atoms with Crippen LogP contribution < -0.4 is 10.5 Å². The van der Waals surface area contributed by atoms with Crippen LogP contribution >= 0.6 is 0 Å². The number of phenolic OH excluding ortho intramolecular Hbond substituents is 1. The van der Waals surface area contributed by atoms with Gasteiger partial charge in [0.2, 0.25) is 0 Å². The highest BCUT2D eigenvalue weighted by molar-refractivity contribution is 5.72. The van der Waals surface area contributed by atoms with Crippen molar-refractivity contribution in [3.8, 4) is 17.2 Å². The molecule has 2 aromatic carbocycles. The standard InChI is InChI=1S/C19H23NO4/c1-4-23-18(22)10-14-6-7-15(11-20)17(9-14)24-19-12(2)5-8-16(21)13(19)3/h5-9,21H,4,10-11,20H2,1-3H3. The van der Waals surface area contributed by atoms with Crippen LogP contribution in [0.4, 0.5) is 0 Å². The lowest BCUT2D eigenvalue weighted by molar-refractivity contribution is -0.142. The van der Waals surface area contributed by atoms with Gasteiger partial charge in [-0.15, -0.1) is 0 Å². The van der Waals surface area contributed by atoms with E-state index < -0.39 is 0 Å². The molecule has 0 heterocycles. The molecule has 0 fully saturated rings. The highest BCUT2D eigenvalue weighted by Crippen LogP contribution is 2.35. The Hall–Kier alpha value is -2.53. The molecular weight excluding hydrogens is 306 g/mol. The Morgan fingerprint density at radius 3 is 2.62 bits per heavy atom. The fourth-order valence-electron chi connectivity index (χ4n) is 2.43. The summed E-state index contributed by atoms with van der Waals surface area (Å²) in [6.07, 6.45) is 0.174. The minimum Gasteiger partial charge on any atom is -0.508 e. The van der Waals surface area contributed by atoms with Gasteiger partial charge in [-0.1, -0.05) is 18.2 Å². The van der Waals surface area contributed by atoms with E-state index in [0.29, 0.717) is 30.2 Å². The minimum atomic E-state index is -0.284. The molecule has 0 amide bonds. The first kappa shape index (κ1) is 17.8. The van der Waals surface area contributed by atoms with Crippen molar-refractivity contribution in [2.45, 2.75) is 33.7 Å². The Balaban J connectivity index is 2.35. The van der Waals surface area contributed by atoms with E-state index in [9.17, 15) is 9.90 Å². The van der Waals surface area contributed by atoms with E-state index in [-0.39, 0.29) is 18.1 Å². The van der Waals surface area contributed by atoms with Crippen LogP contribution in [0.15, 0.2) is 30.3 Å². The van der Waals surface area contributed by atoms with Crippen LogP contribution in [-0.2, 0) is 22.5 Å². The average molecular weight is 329 g/mol. The van der Waals surface area contributed by atoms with Gasteiger partial charge in [0, 0.05) is 17.7 Å². The van der Waals surface area contributed by atoms with Crippen LogP contribution in [-0.4, -0.2) is 17.7 Å². The van der Waals surface area contributed by atoms with E-state index in [0.717, 1.165) is 16.7 Å². The van der Waals surface area contributed by atoms with Gasteiger partial charge in [0.15, 0.2) is 0 Å². The van der Waals surface area contributed by atoms with Crippen molar-refractivity contribution >= 4 is 5.97 Å². The number of hydrogen-bond donors (Lipinski definition) is 2. The molecule has 5 heteroatoms. The maximum Gasteiger partial charge on any atom is 0.310 e. The van der Waals surface area contributed by atoms with Gasteiger partial charge in [-0.3, -0.25) is 4.79 Å². The van der Waals surface area contributed by atoms with E-state index in [1.165, 1.54) is 0 Å². The Morgan fingerprint density at radius 2 is 1.96 bits per heavy atom. The van der Waals surface area contributed by atoms with Gasteiger partial charge >= 0.3 is 5.97 Å². The van der Waals surface area contributed by atoms with Gasteiger partial charge in [-0.25, -0.2) is 0 Å². The highest BCUT2D eigenvalue weighted by atomic mass is 16.5. The van der Waals surface area contributed by atoms with Gasteiger partial charge in [0.1, 0.15) is 17.2 Å². The number of aryl methyl sites for hydroxylation is 1. The molecule has 0 atom stereocenters. The van der Waals surface area contributed by atoms with Crippen molar-refractivity contribution in [1.82, 2.24) is 0 Å². The van der Waals surface area contributed by atoms with Crippen LogP contribution in [0, 0.1) is 13.8 Å². The van der Waals surface area contributed by atoms with Gasteiger partial charge in [0.05, 0.1) is 13.0 Å². The number of nitrogens with two attached hydrogens (primary N) is 1. The third-order valence-corrected chi connectivity index (χ3v) is 3.79. The van der Waals surface area contributed by atoms with Crippen LogP contribution in [0.3, 0.4) is 0 Å². The third-order valence-electron chi connectivity index (χ3n) is 3.79. The molecule has 0 saturated heterocycles. The summed E-state index contributed by atoms with van der Waals surface area (Å²) in [6.45, 7) is 6.14. The number of benzene rings is 2. The van der Waals surface area contributed by atoms with Crippen LogP contribution in [0.1, 0.15) is 29.2 Å². The van der Waals surface area contributed by atoms with Crippen LogP contribution in [0.5, 0.6) is 17.2 Å². The van der Waals surface area contributed by atoms with Crippen LogP contribution in [0.2, 0.25) is 0 Å². The summed E-state index contributed by atoms with van der Waals surface area (Å²) < 4.78 is 11.0. The summed E-state index contributed by atoms with van der Waals surface area (Å²) in [6, 6.07) is 8.91. The molecule has 0 unspecified atom stereocenters. The number of aromatic hydroxyl groups is 1. The first-order chi connectivity index (χ1) is 11.5. The molecule has 0 aliphatic carbocycles. The highest BCUT2D eigenvalue weighted by Gasteiger charge is 2.13. The van der Waals surface area contributed by atoms with E-state index in [1.54, 1.807) is 32.0 Å². The van der Waals surface area contributed by atoms with Crippen molar-refractivity contribution in [2.75, 3.05) is 6.61 Å². The lowest BCUT2D eigenvalue weighted by Crippen LogP contribution is -2.08. The summed E-state index contributed by atoms with van der Waals surface area (Å²) in [4.78, 5) is 11.7. The molecule has 3 N–H and O–H groups in total. The van der Waals surface area contributed by atoms with E-state index in [4.69, 9.17) is 15.2 Å². The maximum absolute atomic E-state index is 11.7. The Bertz CT molecular complexity index is 740. The SMILES string of the molecule is CCOC(=O)Cc1ccc(CN)c(Oc2c(C)ccc(O)c2C)c1. The fraction of sp³-hybridized carbons (Fsp3) is 0.316. The molecule has 0 radical (unpaired) electrons. The second kappa shape index (κ2) is 7.84. The van der Waals surface area contributed by atoms with Gasteiger partial charge in [-0.05, 0) is 44.0 Å². The largest absolute Gasteiger partial charge is 0.508 e. The number of hydrogen-bond acceptors (Lipinski definition) is 5. The molecule has 0 bridgehead atoms. The predicted octanol–water partition coefficient (Wildman–Crippen LogP) is 3.37. The number of carbonyl (C=O) groups excluding carboxylic acids is 1. The predicted molar refractivity (Wildman–Crippen MR) is 92.3 cm³/mol. The fourth-order valence-corrected chi connectivity index (χ4v) is 2.43. The van der Waals surface area contributed by atoms with E-state index in [2.05, 4.69) is 0 Å². The smallest absolute Gasteiger partial charge is 0.310 e. The molecule has 0 spiro atoms. The number of ether oxygens (including phenoxy) is 2. The average Bonchev–Trinajstić information content (AvgIpc) is 2.55. The lowest BCUT2D eigenvalue weighted by Gasteiger charge is -2.16. The van der Waals surface area contributed by atoms with Crippen molar-refractivity contribution in [1.29, 1.82) is 0 Å². The number of carbonyl (C=O) groups is 1. The molecule has 0 aliphatic heterocycles. The zero-order valence-corrected chi connectivity index (χ0v) is 14.3. The van der Waals surface area contributed by atoms with Crippen molar-refractivity contribution in [3.63, 3.8) is 0 Å². The van der Waals surface area contributed by atoms with Crippen molar-refractivity contribution < 1.29 is 19.4 Å². The molecule has 5 nitrogen and oxygen atoms in total. The molecule has 2 aromatic rings. The number of rotatable bonds is 6.